The highest BCUT2D eigenvalue weighted by Crippen LogP contribution is 1.99. The molecular formula is C11H20O6. The summed E-state index contributed by atoms with van der Waals surface area (Å²) in [5.74, 6) is -0.674. The number of aliphatic hydroxyl groups excluding tert-OH is 2. The highest BCUT2D eigenvalue weighted by atomic mass is 16.6. The van der Waals surface area contributed by atoms with Gasteiger partial charge in [-0.3, -0.25) is 0 Å². The minimum Gasteiger partial charge on any atom is -0.485 e. The maximum atomic E-state index is 11.2. The molecule has 17 heavy (non-hydrogen) atoms. The summed E-state index contributed by atoms with van der Waals surface area (Å²) in [6, 6.07) is 0. The van der Waals surface area contributed by atoms with Crippen molar-refractivity contribution in [3.05, 3.63) is 12.3 Å². The van der Waals surface area contributed by atoms with E-state index in [1.54, 1.807) is 0 Å². The Morgan fingerprint density at radius 1 is 0.941 bits per heavy atom. The van der Waals surface area contributed by atoms with Crippen molar-refractivity contribution in [3.8, 4) is 0 Å². The van der Waals surface area contributed by atoms with Crippen LogP contribution in [-0.4, -0.2) is 55.8 Å². The van der Waals surface area contributed by atoms with Gasteiger partial charge in [-0.2, -0.15) is 0 Å². The summed E-state index contributed by atoms with van der Waals surface area (Å²) in [6.07, 6.45) is 1.20. The lowest BCUT2D eigenvalue weighted by Crippen LogP contribution is -2.14. The molecule has 0 bridgehead atoms. The van der Waals surface area contributed by atoms with Crippen LogP contribution in [0.4, 0.5) is 0 Å². The van der Waals surface area contributed by atoms with Crippen LogP contribution < -0.4 is 0 Å². The first-order valence-corrected chi connectivity index (χ1v) is 5.50. The number of aliphatic hydroxyl groups is 2. The third-order valence-electron chi connectivity index (χ3n) is 1.75. The highest BCUT2D eigenvalue weighted by molar-refractivity contribution is 5.85. The van der Waals surface area contributed by atoms with E-state index in [4.69, 9.17) is 24.4 Å². The second kappa shape index (κ2) is 11.4. The van der Waals surface area contributed by atoms with Crippen molar-refractivity contribution in [2.75, 3.05) is 39.6 Å². The lowest BCUT2D eigenvalue weighted by Gasteiger charge is -2.09. The van der Waals surface area contributed by atoms with Crippen molar-refractivity contribution in [2.45, 2.75) is 12.8 Å². The van der Waals surface area contributed by atoms with Gasteiger partial charge in [0.2, 0.25) is 0 Å². The standard InChI is InChI=1S/C11H20O6/c1-10(16-9-8-15-7-5-13)11(14)17-6-3-2-4-12/h12-13H,1-9H2. The van der Waals surface area contributed by atoms with Crippen LogP contribution in [0.5, 0.6) is 0 Å². The first-order valence-electron chi connectivity index (χ1n) is 5.50. The lowest BCUT2D eigenvalue weighted by atomic mass is 10.3. The summed E-state index contributed by atoms with van der Waals surface area (Å²) in [5.41, 5.74) is 0. The molecule has 0 unspecified atom stereocenters. The van der Waals surface area contributed by atoms with Crippen molar-refractivity contribution < 1.29 is 29.2 Å². The normalized spacial score (nSPS) is 10.0. The quantitative estimate of drug-likeness (QED) is 0.229. The van der Waals surface area contributed by atoms with Gasteiger partial charge in [0.15, 0.2) is 5.76 Å². The Balaban J connectivity index is 3.44. The summed E-state index contributed by atoms with van der Waals surface area (Å²) in [4.78, 5) is 11.2. The van der Waals surface area contributed by atoms with E-state index >= 15 is 0 Å². The van der Waals surface area contributed by atoms with Crippen LogP contribution in [-0.2, 0) is 19.0 Å². The molecule has 0 radical (unpaired) electrons. The number of ether oxygens (including phenoxy) is 3. The molecule has 2 N–H and O–H groups in total. The Bertz CT molecular complexity index is 216. The molecule has 0 saturated carbocycles. The largest absolute Gasteiger partial charge is 0.485 e. The molecule has 0 aliphatic rings. The van der Waals surface area contributed by atoms with Crippen molar-refractivity contribution in [2.24, 2.45) is 0 Å². The Labute approximate surface area is 101 Å². The summed E-state index contributed by atoms with van der Waals surface area (Å²) in [6.45, 7) is 4.39. The van der Waals surface area contributed by atoms with Gasteiger partial charge in [-0.05, 0) is 19.4 Å². The van der Waals surface area contributed by atoms with Gasteiger partial charge < -0.3 is 24.4 Å². The zero-order valence-corrected chi connectivity index (χ0v) is 9.89. The van der Waals surface area contributed by atoms with Gasteiger partial charge in [0.1, 0.15) is 6.61 Å². The van der Waals surface area contributed by atoms with Gasteiger partial charge >= 0.3 is 5.97 Å². The molecule has 0 aromatic carbocycles. The number of rotatable bonds is 11. The zero-order valence-electron chi connectivity index (χ0n) is 9.89. The number of carbonyl (C=O) groups excluding carboxylic acids is 1. The monoisotopic (exact) mass is 248 g/mol. The first kappa shape index (κ1) is 15.9. The van der Waals surface area contributed by atoms with Crippen molar-refractivity contribution in [3.63, 3.8) is 0 Å². The Kier molecular flexibility index (Phi) is 10.6. The topological polar surface area (TPSA) is 85.2 Å². The molecule has 0 amide bonds. The molecule has 0 aromatic heterocycles. The van der Waals surface area contributed by atoms with E-state index in [1.165, 1.54) is 0 Å². The van der Waals surface area contributed by atoms with Gasteiger partial charge in [-0.1, -0.05) is 0 Å². The summed E-state index contributed by atoms with van der Waals surface area (Å²) < 4.78 is 14.7. The Hall–Kier alpha value is -1.11. The SMILES string of the molecule is C=C(OCCOCCO)C(=O)OCCCCO. The molecule has 100 valence electrons. The van der Waals surface area contributed by atoms with Crippen LogP contribution in [0.15, 0.2) is 12.3 Å². The van der Waals surface area contributed by atoms with E-state index in [1.807, 2.05) is 0 Å². The molecule has 0 aliphatic carbocycles. The van der Waals surface area contributed by atoms with E-state index in [-0.39, 0.29) is 45.4 Å². The second-order valence-corrected chi connectivity index (χ2v) is 3.17. The lowest BCUT2D eigenvalue weighted by molar-refractivity contribution is -0.143. The average molecular weight is 248 g/mol. The molecule has 0 aromatic rings. The van der Waals surface area contributed by atoms with Crippen molar-refractivity contribution >= 4 is 5.97 Å². The van der Waals surface area contributed by atoms with E-state index in [0.29, 0.717) is 12.8 Å². The molecular weight excluding hydrogens is 228 g/mol. The van der Waals surface area contributed by atoms with Crippen LogP contribution in [0.2, 0.25) is 0 Å². The predicted octanol–water partition coefficient (Wildman–Crippen LogP) is -0.159. The van der Waals surface area contributed by atoms with Crippen LogP contribution in [0, 0.1) is 0 Å². The van der Waals surface area contributed by atoms with Gasteiger partial charge in [-0.25, -0.2) is 4.79 Å². The minimum absolute atomic E-state index is 0.0478. The van der Waals surface area contributed by atoms with E-state index in [0.717, 1.165) is 0 Å². The average Bonchev–Trinajstić information content (AvgIpc) is 2.34. The van der Waals surface area contributed by atoms with Gasteiger partial charge in [-0.15, -0.1) is 0 Å². The molecule has 0 aliphatic heterocycles. The summed E-state index contributed by atoms with van der Waals surface area (Å²) in [5, 5.41) is 16.9. The number of carbonyl (C=O) groups is 1. The van der Waals surface area contributed by atoms with Crippen molar-refractivity contribution in [1.82, 2.24) is 0 Å². The molecule has 0 fully saturated rings. The summed E-state index contributed by atoms with van der Waals surface area (Å²) >= 11 is 0. The van der Waals surface area contributed by atoms with E-state index in [9.17, 15) is 4.79 Å². The molecule has 6 nitrogen and oxygen atoms in total. The maximum Gasteiger partial charge on any atom is 0.372 e. The fraction of sp³-hybridized carbons (Fsp3) is 0.727. The Morgan fingerprint density at radius 3 is 2.35 bits per heavy atom. The van der Waals surface area contributed by atoms with Crippen LogP contribution in [0.1, 0.15) is 12.8 Å². The fourth-order valence-electron chi connectivity index (χ4n) is 0.909. The second-order valence-electron chi connectivity index (χ2n) is 3.17. The Morgan fingerprint density at radius 2 is 1.71 bits per heavy atom. The molecule has 0 saturated heterocycles. The number of hydrogen-bond acceptors (Lipinski definition) is 6. The minimum atomic E-state index is -0.606. The number of unbranched alkanes of at least 4 members (excludes halogenated alkanes) is 1. The van der Waals surface area contributed by atoms with Crippen molar-refractivity contribution in [1.29, 1.82) is 0 Å². The molecule has 6 heteroatoms. The molecule has 0 spiro atoms. The number of esters is 1. The summed E-state index contributed by atoms with van der Waals surface area (Å²) in [7, 11) is 0. The molecule has 0 atom stereocenters. The van der Waals surface area contributed by atoms with Gasteiger partial charge in [0.25, 0.3) is 0 Å². The fourth-order valence-corrected chi connectivity index (χ4v) is 0.909. The molecule has 0 rings (SSSR count). The molecule has 0 heterocycles. The number of hydrogen-bond donors (Lipinski definition) is 2. The van der Waals surface area contributed by atoms with E-state index < -0.39 is 5.97 Å². The third-order valence-corrected chi connectivity index (χ3v) is 1.75. The van der Waals surface area contributed by atoms with Crippen LogP contribution in [0.3, 0.4) is 0 Å². The predicted molar refractivity (Wildman–Crippen MR) is 60.3 cm³/mol. The third kappa shape index (κ3) is 9.80. The smallest absolute Gasteiger partial charge is 0.372 e. The first-order chi connectivity index (χ1) is 8.22. The van der Waals surface area contributed by atoms with Gasteiger partial charge in [0.05, 0.1) is 26.4 Å². The van der Waals surface area contributed by atoms with Crippen LogP contribution in [0.25, 0.3) is 0 Å². The van der Waals surface area contributed by atoms with E-state index in [2.05, 4.69) is 6.58 Å². The zero-order chi connectivity index (χ0) is 12.9. The highest BCUT2D eigenvalue weighted by Gasteiger charge is 2.09. The maximum absolute atomic E-state index is 11.2. The van der Waals surface area contributed by atoms with Gasteiger partial charge in [0, 0.05) is 6.61 Å². The van der Waals surface area contributed by atoms with Crippen LogP contribution >= 0.6 is 0 Å².